The van der Waals surface area contributed by atoms with Crippen molar-refractivity contribution in [1.82, 2.24) is 14.7 Å². The molecule has 1 saturated heterocycles. The van der Waals surface area contributed by atoms with Crippen LogP contribution >= 0.6 is 0 Å². The standard InChI is InChI=1S/C14H31N3/c1-6-15-7-9-16(10-8-15)11-12-17(13(2)3)14(4)5/h13-14H,6-12H2,1-5H3. The predicted octanol–water partition coefficient (Wildman–Crippen LogP) is 1.74. The van der Waals surface area contributed by atoms with Gasteiger partial charge in [-0.05, 0) is 34.2 Å². The number of hydrogen-bond acceptors (Lipinski definition) is 3. The van der Waals surface area contributed by atoms with Crippen molar-refractivity contribution in [3.05, 3.63) is 0 Å². The van der Waals surface area contributed by atoms with Gasteiger partial charge >= 0.3 is 0 Å². The summed E-state index contributed by atoms with van der Waals surface area (Å²) < 4.78 is 0. The maximum absolute atomic E-state index is 2.62. The van der Waals surface area contributed by atoms with E-state index in [-0.39, 0.29) is 0 Å². The van der Waals surface area contributed by atoms with Crippen molar-refractivity contribution in [3.8, 4) is 0 Å². The first-order chi connectivity index (χ1) is 8.04. The van der Waals surface area contributed by atoms with E-state index in [1.54, 1.807) is 0 Å². The van der Waals surface area contributed by atoms with Gasteiger partial charge in [-0.1, -0.05) is 6.92 Å². The molecule has 0 bridgehead atoms. The Kier molecular flexibility index (Phi) is 6.45. The van der Waals surface area contributed by atoms with Gasteiger partial charge in [-0.15, -0.1) is 0 Å². The second-order valence-electron chi connectivity index (χ2n) is 5.70. The average molecular weight is 241 g/mol. The summed E-state index contributed by atoms with van der Waals surface area (Å²) in [7, 11) is 0. The van der Waals surface area contributed by atoms with E-state index in [2.05, 4.69) is 49.3 Å². The minimum absolute atomic E-state index is 0.659. The topological polar surface area (TPSA) is 9.72 Å². The van der Waals surface area contributed by atoms with Gasteiger partial charge in [-0.2, -0.15) is 0 Å². The molecule has 3 heteroatoms. The van der Waals surface area contributed by atoms with Crippen molar-refractivity contribution >= 4 is 0 Å². The molecule has 1 heterocycles. The number of nitrogens with zero attached hydrogens (tertiary/aromatic N) is 3. The van der Waals surface area contributed by atoms with Gasteiger partial charge < -0.3 is 4.90 Å². The van der Waals surface area contributed by atoms with Gasteiger partial charge in [0.25, 0.3) is 0 Å². The van der Waals surface area contributed by atoms with Crippen LogP contribution in [0.4, 0.5) is 0 Å². The summed E-state index contributed by atoms with van der Waals surface area (Å²) in [5, 5.41) is 0. The molecule has 0 radical (unpaired) electrons. The molecule has 1 fully saturated rings. The van der Waals surface area contributed by atoms with Crippen molar-refractivity contribution < 1.29 is 0 Å². The van der Waals surface area contributed by atoms with Crippen molar-refractivity contribution in [3.63, 3.8) is 0 Å². The molecule has 0 aromatic carbocycles. The van der Waals surface area contributed by atoms with E-state index < -0.39 is 0 Å². The zero-order valence-electron chi connectivity index (χ0n) is 12.4. The quantitative estimate of drug-likeness (QED) is 0.701. The van der Waals surface area contributed by atoms with Gasteiger partial charge in [-0.3, -0.25) is 9.80 Å². The molecule has 1 rings (SSSR count). The van der Waals surface area contributed by atoms with Crippen LogP contribution in [0.1, 0.15) is 34.6 Å². The largest absolute Gasteiger partial charge is 0.301 e. The summed E-state index contributed by atoms with van der Waals surface area (Å²) in [5.74, 6) is 0. The van der Waals surface area contributed by atoms with E-state index in [1.165, 1.54) is 45.8 Å². The van der Waals surface area contributed by atoms with E-state index in [0.717, 1.165) is 0 Å². The SMILES string of the molecule is CCN1CCN(CCN(C(C)C)C(C)C)CC1. The molecule has 0 spiro atoms. The Morgan fingerprint density at radius 1 is 0.882 bits per heavy atom. The third kappa shape index (κ3) is 4.94. The highest BCUT2D eigenvalue weighted by Gasteiger charge is 2.18. The van der Waals surface area contributed by atoms with Crippen LogP contribution in [0.15, 0.2) is 0 Å². The zero-order valence-corrected chi connectivity index (χ0v) is 12.4. The smallest absolute Gasteiger partial charge is 0.0115 e. The van der Waals surface area contributed by atoms with Crippen LogP contribution in [0, 0.1) is 0 Å². The third-order valence-corrected chi connectivity index (χ3v) is 3.91. The van der Waals surface area contributed by atoms with E-state index in [4.69, 9.17) is 0 Å². The van der Waals surface area contributed by atoms with Crippen molar-refractivity contribution in [2.24, 2.45) is 0 Å². The van der Waals surface area contributed by atoms with Crippen LogP contribution in [0.3, 0.4) is 0 Å². The fraction of sp³-hybridized carbons (Fsp3) is 1.00. The zero-order chi connectivity index (χ0) is 12.8. The maximum atomic E-state index is 2.62. The Balaban J connectivity index is 2.26. The Bertz CT molecular complexity index is 188. The van der Waals surface area contributed by atoms with Gasteiger partial charge in [0, 0.05) is 51.4 Å². The highest BCUT2D eigenvalue weighted by molar-refractivity contribution is 4.74. The molecule has 0 atom stereocenters. The summed E-state index contributed by atoms with van der Waals surface area (Å²) in [6.07, 6.45) is 0. The molecule has 0 aromatic heterocycles. The van der Waals surface area contributed by atoms with Crippen LogP contribution in [-0.4, -0.2) is 72.6 Å². The average Bonchev–Trinajstić information content (AvgIpc) is 2.29. The summed E-state index contributed by atoms with van der Waals surface area (Å²) in [6, 6.07) is 1.32. The molecule has 102 valence electrons. The van der Waals surface area contributed by atoms with Crippen molar-refractivity contribution in [2.45, 2.75) is 46.7 Å². The first-order valence-electron chi connectivity index (χ1n) is 7.25. The Labute approximate surface area is 108 Å². The second kappa shape index (κ2) is 7.34. The molecule has 0 saturated carbocycles. The summed E-state index contributed by atoms with van der Waals surface area (Å²) in [6.45, 7) is 20.1. The van der Waals surface area contributed by atoms with Crippen LogP contribution in [-0.2, 0) is 0 Å². The van der Waals surface area contributed by atoms with Gasteiger partial charge in [0.05, 0.1) is 0 Å². The minimum atomic E-state index is 0.659. The highest BCUT2D eigenvalue weighted by atomic mass is 15.3. The lowest BCUT2D eigenvalue weighted by atomic mass is 10.2. The third-order valence-electron chi connectivity index (χ3n) is 3.91. The van der Waals surface area contributed by atoms with Crippen LogP contribution in [0.25, 0.3) is 0 Å². The van der Waals surface area contributed by atoms with Gasteiger partial charge in [0.1, 0.15) is 0 Å². The Morgan fingerprint density at radius 2 is 1.35 bits per heavy atom. The minimum Gasteiger partial charge on any atom is -0.301 e. The van der Waals surface area contributed by atoms with E-state index in [9.17, 15) is 0 Å². The molecule has 0 unspecified atom stereocenters. The molecule has 17 heavy (non-hydrogen) atoms. The Hall–Kier alpha value is -0.120. The van der Waals surface area contributed by atoms with E-state index in [0.29, 0.717) is 12.1 Å². The normalized spacial score (nSPS) is 19.8. The first kappa shape index (κ1) is 14.9. The maximum Gasteiger partial charge on any atom is 0.0115 e. The van der Waals surface area contributed by atoms with Gasteiger partial charge in [-0.25, -0.2) is 0 Å². The molecule has 1 aliphatic heterocycles. The van der Waals surface area contributed by atoms with Crippen LogP contribution in [0.5, 0.6) is 0 Å². The van der Waals surface area contributed by atoms with Crippen LogP contribution < -0.4 is 0 Å². The second-order valence-corrected chi connectivity index (χ2v) is 5.70. The first-order valence-corrected chi connectivity index (χ1v) is 7.25. The molecular weight excluding hydrogens is 210 g/mol. The monoisotopic (exact) mass is 241 g/mol. The fourth-order valence-corrected chi connectivity index (χ4v) is 2.70. The predicted molar refractivity (Wildman–Crippen MR) is 75.5 cm³/mol. The number of likely N-dealkylation sites (N-methyl/N-ethyl adjacent to an activating group) is 1. The lowest BCUT2D eigenvalue weighted by Gasteiger charge is -2.37. The number of piperazine rings is 1. The van der Waals surface area contributed by atoms with Gasteiger partial charge in [0.2, 0.25) is 0 Å². The van der Waals surface area contributed by atoms with Crippen LogP contribution in [0.2, 0.25) is 0 Å². The lowest BCUT2D eigenvalue weighted by molar-refractivity contribution is 0.103. The van der Waals surface area contributed by atoms with E-state index in [1.807, 2.05) is 0 Å². The molecule has 0 N–H and O–H groups in total. The van der Waals surface area contributed by atoms with Gasteiger partial charge in [0.15, 0.2) is 0 Å². The van der Waals surface area contributed by atoms with Crippen molar-refractivity contribution in [1.29, 1.82) is 0 Å². The molecule has 0 aromatic rings. The molecular formula is C14H31N3. The lowest BCUT2D eigenvalue weighted by Crippen LogP contribution is -2.49. The summed E-state index contributed by atoms with van der Waals surface area (Å²) in [4.78, 5) is 7.75. The fourth-order valence-electron chi connectivity index (χ4n) is 2.70. The number of rotatable bonds is 6. The molecule has 3 nitrogen and oxygen atoms in total. The summed E-state index contributed by atoms with van der Waals surface area (Å²) in [5.41, 5.74) is 0. The highest BCUT2D eigenvalue weighted by Crippen LogP contribution is 2.06. The summed E-state index contributed by atoms with van der Waals surface area (Å²) >= 11 is 0. The van der Waals surface area contributed by atoms with Crippen molar-refractivity contribution in [2.75, 3.05) is 45.8 Å². The molecule has 0 amide bonds. The Morgan fingerprint density at radius 3 is 1.76 bits per heavy atom. The molecule has 1 aliphatic rings. The van der Waals surface area contributed by atoms with E-state index >= 15 is 0 Å². The number of hydrogen-bond donors (Lipinski definition) is 0. The molecule has 0 aliphatic carbocycles.